The number of aromatic nitrogens is 1. The Morgan fingerprint density at radius 3 is 2.64 bits per heavy atom. The lowest BCUT2D eigenvalue weighted by atomic mass is 10.0. The van der Waals surface area contributed by atoms with Crippen molar-refractivity contribution in [3.8, 4) is 22.6 Å². The Kier molecular flexibility index (Phi) is 5.81. The summed E-state index contributed by atoms with van der Waals surface area (Å²) in [6, 6.07) is 17.7. The quantitative estimate of drug-likeness (QED) is 0.362. The number of benzene rings is 2. The fourth-order valence-electron chi connectivity index (χ4n) is 3.99. The summed E-state index contributed by atoms with van der Waals surface area (Å²) in [4.78, 5) is 17.2. The third-order valence-corrected chi connectivity index (χ3v) is 6.78. The molecule has 1 fully saturated rings. The average molecular weight is 457 g/mol. The van der Waals surface area contributed by atoms with E-state index in [1.54, 1.807) is 17.5 Å². The van der Waals surface area contributed by atoms with Crippen LogP contribution in [-0.2, 0) is 4.79 Å². The standard InChI is InChI=1S/C26H24N4O2S/c1-16(26(31)30-18-11-12-28-13-18)21-14-29-25(27)23-22(15-33-24(21)23)17-7-9-20(10-8-17)32-19-5-3-2-4-6-19/h2-10,14-15,18,28H,1,11-13H2,(H2,27,29)(H,30,31). The van der Waals surface area contributed by atoms with Crippen molar-refractivity contribution < 1.29 is 9.53 Å². The summed E-state index contributed by atoms with van der Waals surface area (Å²) in [5.74, 6) is 1.80. The van der Waals surface area contributed by atoms with E-state index in [1.807, 2.05) is 60.0 Å². The van der Waals surface area contributed by atoms with Crippen LogP contribution in [-0.4, -0.2) is 30.0 Å². The fourth-order valence-corrected chi connectivity index (χ4v) is 5.12. The molecule has 0 saturated carbocycles. The van der Waals surface area contributed by atoms with E-state index in [-0.39, 0.29) is 11.9 Å². The number of carbonyl (C=O) groups is 1. The number of fused-ring (bicyclic) bond motifs is 1. The lowest BCUT2D eigenvalue weighted by molar-refractivity contribution is -0.116. The molecular weight excluding hydrogens is 432 g/mol. The van der Waals surface area contributed by atoms with Gasteiger partial charge in [-0.05, 0) is 48.2 Å². The Morgan fingerprint density at radius 1 is 1.15 bits per heavy atom. The molecule has 7 heteroatoms. The van der Waals surface area contributed by atoms with Crippen LogP contribution in [0.3, 0.4) is 0 Å². The van der Waals surface area contributed by atoms with Gasteiger partial charge in [-0.2, -0.15) is 0 Å². The number of thiophene rings is 1. The topological polar surface area (TPSA) is 89.3 Å². The summed E-state index contributed by atoms with van der Waals surface area (Å²) in [5, 5.41) is 9.19. The van der Waals surface area contributed by atoms with E-state index < -0.39 is 0 Å². The maximum Gasteiger partial charge on any atom is 0.251 e. The first-order valence-electron chi connectivity index (χ1n) is 10.8. The van der Waals surface area contributed by atoms with Crippen LogP contribution in [0, 0.1) is 0 Å². The normalized spacial score (nSPS) is 15.5. The van der Waals surface area contributed by atoms with Crippen LogP contribution in [0.4, 0.5) is 5.82 Å². The summed E-state index contributed by atoms with van der Waals surface area (Å²) in [5.41, 5.74) is 9.37. The van der Waals surface area contributed by atoms with E-state index in [9.17, 15) is 4.79 Å². The Hall–Kier alpha value is -3.68. The molecule has 0 spiro atoms. The van der Waals surface area contributed by atoms with E-state index >= 15 is 0 Å². The summed E-state index contributed by atoms with van der Waals surface area (Å²) in [6.07, 6.45) is 2.56. The van der Waals surface area contributed by atoms with Gasteiger partial charge in [0.2, 0.25) is 0 Å². The van der Waals surface area contributed by atoms with Crippen molar-refractivity contribution in [2.45, 2.75) is 12.5 Å². The number of carbonyl (C=O) groups excluding carboxylic acids is 1. The molecule has 1 unspecified atom stereocenters. The van der Waals surface area contributed by atoms with Crippen LogP contribution >= 0.6 is 11.3 Å². The molecule has 0 aliphatic carbocycles. The number of hydrogen-bond donors (Lipinski definition) is 3. The lowest BCUT2D eigenvalue weighted by Crippen LogP contribution is -2.36. The number of ether oxygens (including phenoxy) is 1. The third kappa shape index (κ3) is 4.33. The first-order valence-corrected chi connectivity index (χ1v) is 11.7. The van der Waals surface area contributed by atoms with Gasteiger partial charge in [-0.15, -0.1) is 11.3 Å². The minimum atomic E-state index is -0.172. The molecule has 2 aromatic carbocycles. The molecule has 1 aliphatic heterocycles. The van der Waals surface area contributed by atoms with E-state index in [2.05, 4.69) is 22.2 Å². The summed E-state index contributed by atoms with van der Waals surface area (Å²) in [7, 11) is 0. The van der Waals surface area contributed by atoms with Gasteiger partial charge in [0.15, 0.2) is 0 Å². The average Bonchev–Trinajstić information content (AvgIpc) is 3.51. The molecule has 166 valence electrons. The minimum absolute atomic E-state index is 0.127. The molecule has 6 nitrogen and oxygen atoms in total. The van der Waals surface area contributed by atoms with Gasteiger partial charge in [0.05, 0.1) is 0 Å². The molecule has 0 radical (unpaired) electrons. The maximum atomic E-state index is 12.8. The molecule has 33 heavy (non-hydrogen) atoms. The first kappa shape index (κ1) is 21.2. The number of rotatable bonds is 6. The Morgan fingerprint density at radius 2 is 1.91 bits per heavy atom. The molecule has 5 rings (SSSR count). The second kappa shape index (κ2) is 9.05. The van der Waals surface area contributed by atoms with Crippen molar-refractivity contribution in [1.29, 1.82) is 0 Å². The van der Waals surface area contributed by atoms with Crippen LogP contribution in [0.5, 0.6) is 11.5 Å². The van der Waals surface area contributed by atoms with Crippen molar-refractivity contribution in [3.63, 3.8) is 0 Å². The van der Waals surface area contributed by atoms with Gasteiger partial charge < -0.3 is 21.1 Å². The predicted octanol–water partition coefficient (Wildman–Crippen LogP) is 4.83. The number of nitrogens with zero attached hydrogens (tertiary/aromatic N) is 1. The van der Waals surface area contributed by atoms with Crippen LogP contribution in [0.25, 0.3) is 26.8 Å². The van der Waals surface area contributed by atoms with E-state index in [0.717, 1.165) is 52.2 Å². The number of anilines is 1. The Bertz CT molecular complexity index is 1310. The molecule has 4 N–H and O–H groups in total. The molecule has 2 aromatic heterocycles. The monoisotopic (exact) mass is 456 g/mol. The lowest BCUT2D eigenvalue weighted by Gasteiger charge is -2.14. The van der Waals surface area contributed by atoms with Crippen molar-refractivity contribution in [3.05, 3.63) is 78.3 Å². The number of nitrogen functional groups attached to an aromatic ring is 1. The summed E-state index contributed by atoms with van der Waals surface area (Å²) < 4.78 is 6.81. The number of amides is 1. The molecule has 1 saturated heterocycles. The number of nitrogens with two attached hydrogens (primary N) is 1. The second-order valence-electron chi connectivity index (χ2n) is 7.99. The van der Waals surface area contributed by atoms with Crippen molar-refractivity contribution in [1.82, 2.24) is 15.6 Å². The van der Waals surface area contributed by atoms with E-state index in [4.69, 9.17) is 10.5 Å². The van der Waals surface area contributed by atoms with Gasteiger partial charge in [0.1, 0.15) is 17.3 Å². The van der Waals surface area contributed by atoms with Gasteiger partial charge in [-0.25, -0.2) is 4.98 Å². The predicted molar refractivity (Wildman–Crippen MR) is 134 cm³/mol. The van der Waals surface area contributed by atoms with E-state index in [1.165, 1.54) is 0 Å². The zero-order valence-electron chi connectivity index (χ0n) is 18.0. The number of pyridine rings is 1. The number of nitrogens with one attached hydrogen (secondary N) is 2. The fraction of sp³-hybridized carbons (Fsp3) is 0.154. The summed E-state index contributed by atoms with van der Waals surface area (Å²) >= 11 is 1.54. The molecule has 1 atom stereocenters. The van der Waals surface area contributed by atoms with Crippen molar-refractivity contribution >= 4 is 38.7 Å². The second-order valence-corrected chi connectivity index (χ2v) is 8.87. The van der Waals surface area contributed by atoms with Crippen LogP contribution in [0.2, 0.25) is 0 Å². The van der Waals surface area contributed by atoms with E-state index in [0.29, 0.717) is 17.0 Å². The smallest absolute Gasteiger partial charge is 0.251 e. The van der Waals surface area contributed by atoms with Crippen LogP contribution < -0.4 is 21.1 Å². The van der Waals surface area contributed by atoms with Gasteiger partial charge >= 0.3 is 0 Å². The van der Waals surface area contributed by atoms with Crippen molar-refractivity contribution in [2.24, 2.45) is 0 Å². The van der Waals surface area contributed by atoms with Gasteiger partial charge in [0, 0.05) is 45.6 Å². The molecule has 4 aromatic rings. The number of para-hydroxylation sites is 1. The molecule has 1 amide bonds. The molecule has 1 aliphatic rings. The van der Waals surface area contributed by atoms with Crippen molar-refractivity contribution in [2.75, 3.05) is 18.8 Å². The van der Waals surface area contributed by atoms with Gasteiger partial charge in [0.25, 0.3) is 5.91 Å². The zero-order chi connectivity index (χ0) is 22.8. The number of hydrogen-bond acceptors (Lipinski definition) is 6. The minimum Gasteiger partial charge on any atom is -0.457 e. The summed E-state index contributed by atoms with van der Waals surface area (Å²) in [6.45, 7) is 5.75. The van der Waals surface area contributed by atoms with Crippen LogP contribution in [0.15, 0.2) is 72.8 Å². The SMILES string of the molecule is C=C(C(=O)NC1CCNC1)c1cnc(N)c2c(-c3ccc(Oc4ccccc4)cc3)csc12. The van der Waals surface area contributed by atoms with Crippen LogP contribution in [0.1, 0.15) is 12.0 Å². The molecule has 3 heterocycles. The van der Waals surface area contributed by atoms with Gasteiger partial charge in [-0.3, -0.25) is 4.79 Å². The highest BCUT2D eigenvalue weighted by atomic mass is 32.1. The first-order chi connectivity index (χ1) is 16.1. The molecular formula is C26H24N4O2S. The maximum absolute atomic E-state index is 12.8. The highest BCUT2D eigenvalue weighted by Gasteiger charge is 2.22. The largest absolute Gasteiger partial charge is 0.457 e. The van der Waals surface area contributed by atoms with Gasteiger partial charge in [-0.1, -0.05) is 36.9 Å². The third-order valence-electron chi connectivity index (χ3n) is 5.76. The Balaban J connectivity index is 1.43. The molecule has 0 bridgehead atoms. The zero-order valence-corrected chi connectivity index (χ0v) is 18.8. The Labute approximate surface area is 196 Å². The highest BCUT2D eigenvalue weighted by Crippen LogP contribution is 2.40. The highest BCUT2D eigenvalue weighted by molar-refractivity contribution is 7.18.